The van der Waals surface area contributed by atoms with Gasteiger partial charge in [-0.1, -0.05) is 13.0 Å². The molecule has 8 heteroatoms. The zero-order chi connectivity index (χ0) is 21.0. The Balaban J connectivity index is 1.89. The first-order valence-corrected chi connectivity index (χ1v) is 9.56. The van der Waals surface area contributed by atoms with Gasteiger partial charge in [-0.05, 0) is 43.0 Å². The first-order valence-electron chi connectivity index (χ1n) is 9.56. The van der Waals surface area contributed by atoms with Gasteiger partial charge in [0.25, 0.3) is 11.6 Å². The van der Waals surface area contributed by atoms with Crippen molar-refractivity contribution in [3.63, 3.8) is 0 Å². The van der Waals surface area contributed by atoms with Gasteiger partial charge in [0.15, 0.2) is 0 Å². The summed E-state index contributed by atoms with van der Waals surface area (Å²) in [5.41, 5.74) is 1.87. The van der Waals surface area contributed by atoms with E-state index in [9.17, 15) is 19.7 Å². The molecular weight excluding hydrogens is 372 g/mol. The molecule has 152 valence electrons. The third-order valence-corrected chi connectivity index (χ3v) is 5.00. The lowest BCUT2D eigenvalue weighted by atomic mass is 9.98. The van der Waals surface area contributed by atoms with Gasteiger partial charge in [-0.25, -0.2) is 0 Å². The molecule has 1 aliphatic rings. The van der Waals surface area contributed by atoms with Gasteiger partial charge in [0, 0.05) is 43.5 Å². The van der Waals surface area contributed by atoms with Crippen LogP contribution < -0.4 is 15.5 Å². The molecule has 29 heavy (non-hydrogen) atoms. The molecule has 1 aliphatic heterocycles. The predicted molar refractivity (Wildman–Crippen MR) is 112 cm³/mol. The summed E-state index contributed by atoms with van der Waals surface area (Å²) in [5, 5.41) is 16.7. The molecule has 3 rings (SSSR count). The largest absolute Gasteiger partial charge is 0.371 e. The molecule has 2 amide bonds. The molecule has 0 unspecified atom stereocenters. The highest BCUT2D eigenvalue weighted by Crippen LogP contribution is 2.30. The zero-order valence-corrected chi connectivity index (χ0v) is 16.5. The molecule has 1 heterocycles. The molecule has 2 N–H and O–H groups in total. The van der Waals surface area contributed by atoms with E-state index in [0.29, 0.717) is 23.0 Å². The van der Waals surface area contributed by atoms with Crippen LogP contribution in [0.4, 0.5) is 22.7 Å². The van der Waals surface area contributed by atoms with E-state index in [2.05, 4.69) is 22.5 Å². The molecule has 2 aromatic rings. The number of nitrogens with zero attached hydrogens (tertiary/aromatic N) is 2. The molecule has 0 saturated carbocycles. The number of rotatable bonds is 5. The van der Waals surface area contributed by atoms with Gasteiger partial charge in [0.2, 0.25) is 5.91 Å². The fourth-order valence-electron chi connectivity index (χ4n) is 3.42. The van der Waals surface area contributed by atoms with E-state index in [0.717, 1.165) is 25.9 Å². The maximum atomic E-state index is 13.0. The number of nitrogens with one attached hydrogen (secondary N) is 2. The number of nitro groups is 1. The Morgan fingerprint density at radius 3 is 2.34 bits per heavy atom. The van der Waals surface area contributed by atoms with Crippen molar-refractivity contribution in [3.05, 3.63) is 58.1 Å². The van der Waals surface area contributed by atoms with Gasteiger partial charge in [-0.15, -0.1) is 0 Å². The SMILES string of the molecule is CC(=O)Nc1cccc(NC(=O)c2cc([N+](=O)[O-])ccc2N2CCC(C)CC2)c1. The summed E-state index contributed by atoms with van der Waals surface area (Å²) >= 11 is 0. The Labute approximate surface area is 169 Å². The van der Waals surface area contributed by atoms with Crippen molar-refractivity contribution in [2.24, 2.45) is 5.92 Å². The van der Waals surface area contributed by atoms with Crippen molar-refractivity contribution in [2.75, 3.05) is 28.6 Å². The topological polar surface area (TPSA) is 105 Å². The monoisotopic (exact) mass is 396 g/mol. The van der Waals surface area contributed by atoms with Crippen LogP contribution >= 0.6 is 0 Å². The summed E-state index contributed by atoms with van der Waals surface area (Å²) in [6.07, 6.45) is 2.02. The van der Waals surface area contributed by atoms with Crippen molar-refractivity contribution >= 4 is 34.6 Å². The molecule has 1 fully saturated rings. The van der Waals surface area contributed by atoms with Gasteiger partial charge in [0.05, 0.1) is 16.2 Å². The van der Waals surface area contributed by atoms with Crippen LogP contribution in [0.15, 0.2) is 42.5 Å². The predicted octanol–water partition coefficient (Wildman–Crippen LogP) is 4.04. The van der Waals surface area contributed by atoms with Crippen LogP contribution in [-0.2, 0) is 4.79 Å². The highest BCUT2D eigenvalue weighted by molar-refractivity contribution is 6.09. The Bertz CT molecular complexity index is 936. The molecule has 0 atom stereocenters. The number of amides is 2. The van der Waals surface area contributed by atoms with Crippen molar-refractivity contribution in [2.45, 2.75) is 26.7 Å². The van der Waals surface area contributed by atoms with Gasteiger partial charge in [-0.3, -0.25) is 19.7 Å². The smallest absolute Gasteiger partial charge is 0.270 e. The van der Waals surface area contributed by atoms with Crippen molar-refractivity contribution < 1.29 is 14.5 Å². The second-order valence-corrected chi connectivity index (χ2v) is 7.34. The van der Waals surface area contributed by atoms with Crippen LogP contribution in [-0.4, -0.2) is 29.8 Å². The number of hydrogen-bond donors (Lipinski definition) is 2. The maximum absolute atomic E-state index is 13.0. The van der Waals surface area contributed by atoms with Gasteiger partial charge in [0.1, 0.15) is 0 Å². The molecule has 0 bridgehead atoms. The number of anilines is 3. The quantitative estimate of drug-likeness (QED) is 0.586. The number of piperidine rings is 1. The standard InChI is InChI=1S/C21H24N4O4/c1-14-8-10-24(11-9-14)20-7-6-18(25(28)29)13-19(20)21(27)23-17-5-3-4-16(12-17)22-15(2)26/h3-7,12-14H,8-11H2,1-2H3,(H,22,26)(H,23,27). The Morgan fingerprint density at radius 1 is 1.07 bits per heavy atom. The van der Waals surface area contributed by atoms with Crippen LogP contribution in [0.5, 0.6) is 0 Å². The number of nitro benzene ring substituents is 1. The van der Waals surface area contributed by atoms with E-state index in [1.165, 1.54) is 19.1 Å². The lowest BCUT2D eigenvalue weighted by Gasteiger charge is -2.33. The Kier molecular flexibility index (Phi) is 6.11. The van der Waals surface area contributed by atoms with Crippen molar-refractivity contribution in [3.8, 4) is 0 Å². The average molecular weight is 396 g/mol. The summed E-state index contributed by atoms with van der Waals surface area (Å²) in [5.74, 6) is -0.0193. The summed E-state index contributed by atoms with van der Waals surface area (Å²) in [6, 6.07) is 11.2. The van der Waals surface area contributed by atoms with Crippen molar-refractivity contribution in [1.29, 1.82) is 0 Å². The van der Waals surface area contributed by atoms with E-state index in [4.69, 9.17) is 0 Å². The van der Waals surface area contributed by atoms with Gasteiger partial charge in [-0.2, -0.15) is 0 Å². The highest BCUT2D eigenvalue weighted by Gasteiger charge is 2.23. The first-order chi connectivity index (χ1) is 13.8. The number of carbonyl (C=O) groups excluding carboxylic acids is 2. The molecule has 2 aromatic carbocycles. The number of benzene rings is 2. The minimum absolute atomic E-state index is 0.128. The summed E-state index contributed by atoms with van der Waals surface area (Å²) in [6.45, 7) is 5.21. The third kappa shape index (κ3) is 5.10. The first kappa shape index (κ1) is 20.3. The molecular formula is C21H24N4O4. The molecule has 1 saturated heterocycles. The lowest BCUT2D eigenvalue weighted by molar-refractivity contribution is -0.384. The minimum atomic E-state index is -0.504. The fraction of sp³-hybridized carbons (Fsp3) is 0.333. The summed E-state index contributed by atoms with van der Waals surface area (Å²) in [7, 11) is 0. The third-order valence-electron chi connectivity index (χ3n) is 5.00. The Morgan fingerprint density at radius 2 is 1.72 bits per heavy atom. The van der Waals surface area contributed by atoms with Crippen LogP contribution in [0.2, 0.25) is 0 Å². The fourth-order valence-corrected chi connectivity index (χ4v) is 3.42. The average Bonchev–Trinajstić information content (AvgIpc) is 2.68. The molecule has 0 aromatic heterocycles. The van der Waals surface area contributed by atoms with Crippen LogP contribution in [0, 0.1) is 16.0 Å². The maximum Gasteiger partial charge on any atom is 0.270 e. The molecule has 8 nitrogen and oxygen atoms in total. The summed E-state index contributed by atoms with van der Waals surface area (Å²) < 4.78 is 0. The summed E-state index contributed by atoms with van der Waals surface area (Å²) in [4.78, 5) is 37.1. The zero-order valence-electron chi connectivity index (χ0n) is 16.5. The van der Waals surface area contributed by atoms with E-state index >= 15 is 0 Å². The number of hydrogen-bond acceptors (Lipinski definition) is 5. The van der Waals surface area contributed by atoms with E-state index in [1.54, 1.807) is 30.3 Å². The van der Waals surface area contributed by atoms with E-state index in [-0.39, 0.29) is 17.2 Å². The van der Waals surface area contributed by atoms with E-state index < -0.39 is 10.8 Å². The van der Waals surface area contributed by atoms with Gasteiger partial charge >= 0.3 is 0 Å². The lowest BCUT2D eigenvalue weighted by Crippen LogP contribution is -2.34. The van der Waals surface area contributed by atoms with Crippen LogP contribution in [0.3, 0.4) is 0 Å². The minimum Gasteiger partial charge on any atom is -0.371 e. The van der Waals surface area contributed by atoms with Crippen LogP contribution in [0.1, 0.15) is 37.0 Å². The second-order valence-electron chi connectivity index (χ2n) is 7.34. The normalized spacial score (nSPS) is 14.3. The van der Waals surface area contributed by atoms with E-state index in [1.807, 2.05) is 0 Å². The molecule has 0 aliphatic carbocycles. The number of carbonyl (C=O) groups is 2. The van der Waals surface area contributed by atoms with Crippen LogP contribution in [0.25, 0.3) is 0 Å². The number of non-ortho nitro benzene ring substituents is 1. The molecule has 0 radical (unpaired) electrons. The second kappa shape index (κ2) is 8.72. The highest BCUT2D eigenvalue weighted by atomic mass is 16.6. The van der Waals surface area contributed by atoms with Gasteiger partial charge < -0.3 is 15.5 Å². The molecule has 0 spiro atoms. The van der Waals surface area contributed by atoms with Crippen molar-refractivity contribution in [1.82, 2.24) is 0 Å². The Hall–Kier alpha value is -3.42.